The second-order valence-corrected chi connectivity index (χ2v) is 3.65. The Kier molecular flexibility index (Phi) is 2.66. The van der Waals surface area contributed by atoms with Crippen molar-refractivity contribution in [1.29, 1.82) is 0 Å². The van der Waals surface area contributed by atoms with E-state index in [1.807, 2.05) is 0 Å². The number of nitrogens with zero attached hydrogens (tertiary/aromatic N) is 1. The molecule has 1 amide bonds. The van der Waals surface area contributed by atoms with Gasteiger partial charge in [-0.1, -0.05) is 0 Å². The average Bonchev–Trinajstić information content (AvgIpc) is 2.68. The molecule has 15 heavy (non-hydrogen) atoms. The SMILES string of the molecule is NC1(C(=O)Nc2cccnc2)CCOC1. The first-order chi connectivity index (χ1) is 7.21. The third kappa shape index (κ3) is 2.14. The first-order valence-corrected chi connectivity index (χ1v) is 4.79. The van der Waals surface area contributed by atoms with E-state index >= 15 is 0 Å². The summed E-state index contributed by atoms with van der Waals surface area (Å²) in [6.45, 7) is 0.816. The fourth-order valence-corrected chi connectivity index (χ4v) is 1.45. The maximum atomic E-state index is 11.8. The highest BCUT2D eigenvalue weighted by atomic mass is 16.5. The fraction of sp³-hybridized carbons (Fsp3) is 0.400. The molecule has 2 heterocycles. The Balaban J connectivity index is 2.04. The molecular weight excluding hydrogens is 194 g/mol. The van der Waals surface area contributed by atoms with Gasteiger partial charge in [0.15, 0.2) is 0 Å². The lowest BCUT2D eigenvalue weighted by Crippen LogP contribution is -2.51. The average molecular weight is 207 g/mol. The van der Waals surface area contributed by atoms with Gasteiger partial charge >= 0.3 is 0 Å². The molecule has 1 saturated heterocycles. The van der Waals surface area contributed by atoms with Crippen molar-refractivity contribution in [3.05, 3.63) is 24.5 Å². The Morgan fingerprint density at radius 1 is 1.67 bits per heavy atom. The summed E-state index contributed by atoms with van der Waals surface area (Å²) in [5.74, 6) is -0.215. The van der Waals surface area contributed by atoms with Gasteiger partial charge in [0.1, 0.15) is 5.54 Å². The van der Waals surface area contributed by atoms with Gasteiger partial charge in [0, 0.05) is 12.8 Å². The molecule has 3 N–H and O–H groups in total. The smallest absolute Gasteiger partial charge is 0.246 e. The van der Waals surface area contributed by atoms with Gasteiger partial charge < -0.3 is 15.8 Å². The number of carbonyl (C=O) groups is 1. The number of anilines is 1. The summed E-state index contributed by atoms with van der Waals surface area (Å²) in [4.78, 5) is 15.7. The monoisotopic (exact) mass is 207 g/mol. The van der Waals surface area contributed by atoms with E-state index in [0.29, 0.717) is 18.7 Å². The minimum absolute atomic E-state index is 0.215. The van der Waals surface area contributed by atoms with Crippen molar-refractivity contribution in [2.45, 2.75) is 12.0 Å². The molecule has 0 aliphatic carbocycles. The lowest BCUT2D eigenvalue weighted by Gasteiger charge is -2.20. The Labute approximate surface area is 87.6 Å². The van der Waals surface area contributed by atoms with Crippen molar-refractivity contribution < 1.29 is 9.53 Å². The fourth-order valence-electron chi connectivity index (χ4n) is 1.45. The van der Waals surface area contributed by atoms with Crippen LogP contribution in [0.2, 0.25) is 0 Å². The van der Waals surface area contributed by atoms with Crippen molar-refractivity contribution in [3.8, 4) is 0 Å². The topological polar surface area (TPSA) is 77.2 Å². The van der Waals surface area contributed by atoms with E-state index in [4.69, 9.17) is 10.5 Å². The molecule has 1 unspecified atom stereocenters. The quantitative estimate of drug-likeness (QED) is 0.723. The van der Waals surface area contributed by atoms with Crippen LogP contribution < -0.4 is 11.1 Å². The Morgan fingerprint density at radius 2 is 2.53 bits per heavy atom. The van der Waals surface area contributed by atoms with E-state index in [2.05, 4.69) is 10.3 Å². The predicted octanol–water partition coefficient (Wildman–Crippen LogP) is 0.138. The molecule has 0 bridgehead atoms. The zero-order valence-corrected chi connectivity index (χ0v) is 8.27. The lowest BCUT2D eigenvalue weighted by atomic mass is 9.99. The molecule has 80 valence electrons. The lowest BCUT2D eigenvalue weighted by molar-refractivity contribution is -0.121. The highest BCUT2D eigenvalue weighted by molar-refractivity contribution is 5.98. The minimum Gasteiger partial charge on any atom is -0.379 e. The molecule has 5 nitrogen and oxygen atoms in total. The number of nitrogens with two attached hydrogens (primary N) is 1. The van der Waals surface area contributed by atoms with Crippen LogP contribution in [-0.4, -0.2) is 29.6 Å². The van der Waals surface area contributed by atoms with Crippen molar-refractivity contribution >= 4 is 11.6 Å². The van der Waals surface area contributed by atoms with Crippen molar-refractivity contribution in [1.82, 2.24) is 4.98 Å². The molecule has 1 aliphatic heterocycles. The van der Waals surface area contributed by atoms with Crippen LogP contribution in [0.25, 0.3) is 0 Å². The Morgan fingerprint density at radius 3 is 3.13 bits per heavy atom. The van der Waals surface area contributed by atoms with Crippen LogP contribution in [0, 0.1) is 0 Å². The highest BCUT2D eigenvalue weighted by Crippen LogP contribution is 2.17. The van der Waals surface area contributed by atoms with Crippen LogP contribution in [0.3, 0.4) is 0 Å². The standard InChI is InChI=1S/C10H13N3O2/c11-10(3-5-15-7-10)9(14)13-8-2-1-4-12-6-8/h1-2,4,6H,3,5,7,11H2,(H,13,14). The molecule has 1 aromatic heterocycles. The van der Waals surface area contributed by atoms with E-state index in [1.54, 1.807) is 24.5 Å². The zero-order valence-electron chi connectivity index (χ0n) is 8.27. The van der Waals surface area contributed by atoms with Gasteiger partial charge in [-0.25, -0.2) is 0 Å². The zero-order chi connectivity index (χ0) is 10.7. The molecule has 1 aliphatic rings. The van der Waals surface area contributed by atoms with Crippen LogP contribution in [0.4, 0.5) is 5.69 Å². The second kappa shape index (κ2) is 3.96. The van der Waals surface area contributed by atoms with Gasteiger partial charge in [0.2, 0.25) is 5.91 Å². The summed E-state index contributed by atoms with van der Waals surface area (Å²) in [7, 11) is 0. The summed E-state index contributed by atoms with van der Waals surface area (Å²) in [5, 5.41) is 2.72. The number of rotatable bonds is 2. The van der Waals surface area contributed by atoms with E-state index in [9.17, 15) is 4.79 Å². The Hall–Kier alpha value is -1.46. The molecular formula is C10H13N3O2. The van der Waals surface area contributed by atoms with E-state index in [0.717, 1.165) is 0 Å². The number of carbonyl (C=O) groups excluding carboxylic acids is 1. The maximum absolute atomic E-state index is 11.8. The third-order valence-electron chi connectivity index (χ3n) is 2.42. The van der Waals surface area contributed by atoms with Gasteiger partial charge in [-0.15, -0.1) is 0 Å². The van der Waals surface area contributed by atoms with Crippen molar-refractivity contribution in [2.24, 2.45) is 5.73 Å². The summed E-state index contributed by atoms with van der Waals surface area (Å²) in [5.41, 5.74) is 5.65. The summed E-state index contributed by atoms with van der Waals surface area (Å²) < 4.78 is 5.12. The first-order valence-electron chi connectivity index (χ1n) is 4.79. The highest BCUT2D eigenvalue weighted by Gasteiger charge is 2.38. The number of nitrogens with one attached hydrogen (secondary N) is 1. The second-order valence-electron chi connectivity index (χ2n) is 3.65. The van der Waals surface area contributed by atoms with Crippen LogP contribution in [-0.2, 0) is 9.53 Å². The third-order valence-corrected chi connectivity index (χ3v) is 2.42. The first kappa shape index (κ1) is 10.1. The number of hydrogen-bond acceptors (Lipinski definition) is 4. The number of hydrogen-bond donors (Lipinski definition) is 2. The molecule has 2 rings (SSSR count). The number of amides is 1. The number of ether oxygens (including phenoxy) is 1. The van der Waals surface area contributed by atoms with Gasteiger partial charge in [0.25, 0.3) is 0 Å². The predicted molar refractivity (Wildman–Crippen MR) is 55.2 cm³/mol. The van der Waals surface area contributed by atoms with E-state index < -0.39 is 5.54 Å². The van der Waals surface area contributed by atoms with E-state index in [-0.39, 0.29) is 12.5 Å². The molecule has 1 fully saturated rings. The van der Waals surface area contributed by atoms with Crippen LogP contribution in [0.15, 0.2) is 24.5 Å². The molecule has 1 atom stereocenters. The molecule has 0 aromatic carbocycles. The van der Waals surface area contributed by atoms with Gasteiger partial charge in [-0.05, 0) is 18.6 Å². The number of aromatic nitrogens is 1. The Bertz CT molecular complexity index is 347. The van der Waals surface area contributed by atoms with Crippen LogP contribution in [0.5, 0.6) is 0 Å². The van der Waals surface area contributed by atoms with Crippen LogP contribution in [0.1, 0.15) is 6.42 Å². The normalized spacial score (nSPS) is 25.1. The van der Waals surface area contributed by atoms with E-state index in [1.165, 1.54) is 0 Å². The largest absolute Gasteiger partial charge is 0.379 e. The number of pyridine rings is 1. The van der Waals surface area contributed by atoms with Crippen molar-refractivity contribution in [2.75, 3.05) is 18.5 Å². The maximum Gasteiger partial charge on any atom is 0.246 e. The molecule has 5 heteroatoms. The molecule has 0 saturated carbocycles. The summed E-state index contributed by atoms with van der Waals surface area (Å²) >= 11 is 0. The van der Waals surface area contributed by atoms with Gasteiger partial charge in [-0.3, -0.25) is 9.78 Å². The molecule has 1 aromatic rings. The summed E-state index contributed by atoms with van der Waals surface area (Å²) in [6.07, 6.45) is 3.78. The van der Waals surface area contributed by atoms with Gasteiger partial charge in [0.05, 0.1) is 18.5 Å². The summed E-state index contributed by atoms with van der Waals surface area (Å²) in [6, 6.07) is 3.52. The van der Waals surface area contributed by atoms with Crippen molar-refractivity contribution in [3.63, 3.8) is 0 Å². The van der Waals surface area contributed by atoms with Gasteiger partial charge in [-0.2, -0.15) is 0 Å². The molecule has 0 radical (unpaired) electrons. The van der Waals surface area contributed by atoms with Crippen LogP contribution >= 0.6 is 0 Å². The minimum atomic E-state index is -0.893. The molecule has 0 spiro atoms.